The minimum absolute atomic E-state index is 0.0169. The minimum Gasteiger partial charge on any atom is -0.497 e. The monoisotopic (exact) mass is 1240 g/mol. The number of methoxy groups -OCH3 is 1. The van der Waals surface area contributed by atoms with Gasteiger partial charge in [0.1, 0.15) is 22.8 Å². The van der Waals surface area contributed by atoms with E-state index in [-0.39, 0.29) is 11.3 Å². The van der Waals surface area contributed by atoms with E-state index in [0.717, 1.165) is 154 Å². The van der Waals surface area contributed by atoms with E-state index in [1.54, 1.807) is 19.4 Å². The van der Waals surface area contributed by atoms with Crippen molar-refractivity contribution in [3.63, 3.8) is 0 Å². The van der Waals surface area contributed by atoms with E-state index >= 15 is 0 Å². The lowest BCUT2D eigenvalue weighted by atomic mass is 10.0. The first kappa shape index (κ1) is 58.2. The molecule has 0 aliphatic heterocycles. The van der Waals surface area contributed by atoms with Gasteiger partial charge in [-0.05, 0) is 96.3 Å². The molecule has 0 radical (unpaired) electrons. The van der Waals surface area contributed by atoms with Crippen molar-refractivity contribution in [3.8, 4) is 96.6 Å². The summed E-state index contributed by atoms with van der Waals surface area (Å²) < 4.78 is 47.0. The third-order valence-electron chi connectivity index (χ3n) is 16.9. The summed E-state index contributed by atoms with van der Waals surface area (Å²) in [6.07, 6.45) is 4.16. The Morgan fingerprint density at radius 3 is 1.23 bits per heavy atom. The molecule has 9 aromatic heterocycles. The van der Waals surface area contributed by atoms with Crippen molar-refractivity contribution >= 4 is 65.4 Å². The maximum Gasteiger partial charge on any atom is 0.417 e. The number of fused-ring (bicyclic) bond motifs is 9. The van der Waals surface area contributed by atoms with Crippen LogP contribution in [0.1, 0.15) is 31.0 Å². The molecular weight excluding hydrogens is 1180 g/mol. The summed E-state index contributed by atoms with van der Waals surface area (Å²) in [5, 5.41) is 6.41. The van der Waals surface area contributed by atoms with Crippen LogP contribution >= 0.6 is 0 Å². The van der Waals surface area contributed by atoms with Gasteiger partial charge in [-0.1, -0.05) is 177 Å². The van der Waals surface area contributed by atoms with Crippen LogP contribution in [0, 0.1) is 0 Å². The van der Waals surface area contributed by atoms with Crippen LogP contribution in [-0.2, 0) is 12.6 Å². The number of benzene rings is 8. The molecule has 0 bridgehead atoms. The van der Waals surface area contributed by atoms with E-state index < -0.39 is 11.7 Å². The molecule has 16 heteroatoms. The lowest BCUT2D eigenvalue weighted by Crippen LogP contribution is -2.07. The maximum atomic E-state index is 13.9. The van der Waals surface area contributed by atoms with Crippen LogP contribution in [-0.4, -0.2) is 66.9 Å². The average molecular weight is 1240 g/mol. The highest BCUT2D eigenvalue weighted by Crippen LogP contribution is 2.42. The summed E-state index contributed by atoms with van der Waals surface area (Å²) in [5.74, 6) is 2.85. The van der Waals surface area contributed by atoms with Gasteiger partial charge in [0.05, 0.1) is 82.0 Å². The molecule has 458 valence electrons. The first-order chi connectivity index (χ1) is 46.1. The Morgan fingerprint density at radius 2 is 0.777 bits per heavy atom. The number of hydrogen-bond acceptors (Lipinski definition) is 7. The third kappa shape index (κ3) is 11.4. The Labute approximate surface area is 536 Å². The highest BCUT2D eigenvalue weighted by Gasteiger charge is 2.35. The predicted molar refractivity (Wildman–Crippen MR) is 371 cm³/mol. The number of para-hydroxylation sites is 3. The molecule has 9 heterocycles. The molecule has 0 amide bonds. The zero-order valence-electron chi connectivity index (χ0n) is 51.0. The lowest BCUT2D eigenvalue weighted by molar-refractivity contribution is -0.137. The second-order valence-corrected chi connectivity index (χ2v) is 22.9. The number of aromatic amines is 6. The van der Waals surface area contributed by atoms with Gasteiger partial charge in [0.2, 0.25) is 0 Å². The van der Waals surface area contributed by atoms with Gasteiger partial charge < -0.3 is 34.6 Å². The number of unbranched alkanes of at least 4 members (excludes halogenated alkanes) is 1. The van der Waals surface area contributed by atoms with Crippen LogP contribution in [0.25, 0.3) is 156 Å². The molecule has 17 aromatic rings. The lowest BCUT2D eigenvalue weighted by Gasteiger charge is -2.13. The number of H-pyrrole nitrogens is 6. The van der Waals surface area contributed by atoms with E-state index in [1.807, 2.05) is 140 Å². The Hall–Kier alpha value is -12.2. The van der Waals surface area contributed by atoms with Gasteiger partial charge in [0.15, 0.2) is 17.5 Å². The van der Waals surface area contributed by atoms with Crippen LogP contribution < -0.4 is 4.74 Å². The van der Waals surface area contributed by atoms with Crippen LogP contribution in [0.3, 0.4) is 0 Å². The summed E-state index contributed by atoms with van der Waals surface area (Å²) in [5.41, 5.74) is 16.4. The zero-order chi connectivity index (χ0) is 63.7. The quantitative estimate of drug-likeness (QED) is 0.0704. The number of ether oxygens (including phenoxy) is 1. The molecule has 8 aromatic carbocycles. The molecule has 13 nitrogen and oxygen atoms in total. The van der Waals surface area contributed by atoms with Gasteiger partial charge in [-0.3, -0.25) is 0 Å². The predicted octanol–water partition coefficient (Wildman–Crippen LogP) is 20.0. The second kappa shape index (κ2) is 24.9. The number of aromatic nitrogens is 12. The SMILES string of the molecule is CCCCc1nc(-c2ncc(-c3ccccc3)[nH]2)cc2c1[nH]c1ccccc12.COc1ccc(-c2nc(-c3ncc(-c4ccccc4)[nH]3)cc3c2[nH]c2ccccc23)cc1.FC(F)(F)c1ccccc1-c1nc(-c2ncc(-c3ccccc3)[nH]2)cc2c1[nH]c1ccccc12. The van der Waals surface area contributed by atoms with Crippen molar-refractivity contribution in [2.45, 2.75) is 32.4 Å². The van der Waals surface area contributed by atoms with Gasteiger partial charge in [-0.2, -0.15) is 13.2 Å². The Kier molecular flexibility index (Phi) is 15.4. The molecule has 17 rings (SSSR count). The number of aryl methyl sites for hydroxylation is 1. The summed E-state index contributed by atoms with van der Waals surface area (Å²) in [4.78, 5) is 49.0. The van der Waals surface area contributed by atoms with Crippen LogP contribution in [0.2, 0.25) is 0 Å². The fourth-order valence-electron chi connectivity index (χ4n) is 12.2. The number of pyridine rings is 3. The van der Waals surface area contributed by atoms with Crippen molar-refractivity contribution in [2.24, 2.45) is 0 Å². The Morgan fingerprint density at radius 1 is 0.383 bits per heavy atom. The van der Waals surface area contributed by atoms with Crippen LogP contribution in [0.4, 0.5) is 13.2 Å². The molecule has 0 atom stereocenters. The number of rotatable bonds is 12. The van der Waals surface area contributed by atoms with E-state index in [9.17, 15) is 13.2 Å². The third-order valence-corrected chi connectivity index (χ3v) is 16.9. The van der Waals surface area contributed by atoms with Gasteiger partial charge in [-0.25, -0.2) is 29.9 Å². The molecule has 6 N–H and O–H groups in total. The van der Waals surface area contributed by atoms with Gasteiger partial charge in [-0.15, -0.1) is 0 Å². The van der Waals surface area contributed by atoms with Crippen molar-refractivity contribution in [1.82, 2.24) is 59.8 Å². The van der Waals surface area contributed by atoms with Crippen molar-refractivity contribution in [3.05, 3.63) is 260 Å². The fourth-order valence-corrected chi connectivity index (χ4v) is 12.2. The Balaban J connectivity index is 0.000000117. The van der Waals surface area contributed by atoms with E-state index in [2.05, 4.69) is 131 Å². The molecule has 0 fully saturated rings. The minimum atomic E-state index is -4.52. The first-order valence-corrected chi connectivity index (χ1v) is 31.0. The number of nitrogens with zero attached hydrogens (tertiary/aromatic N) is 6. The number of alkyl halides is 3. The summed E-state index contributed by atoms with van der Waals surface area (Å²) in [7, 11) is 1.67. The second-order valence-electron chi connectivity index (χ2n) is 22.9. The molecule has 0 aliphatic rings. The summed E-state index contributed by atoms with van der Waals surface area (Å²) in [6, 6.07) is 74.1. The van der Waals surface area contributed by atoms with Gasteiger partial charge in [0, 0.05) is 60.0 Å². The highest BCUT2D eigenvalue weighted by molar-refractivity contribution is 6.14. The number of imidazole rings is 3. The van der Waals surface area contributed by atoms with Crippen molar-refractivity contribution in [1.29, 1.82) is 0 Å². The van der Waals surface area contributed by atoms with E-state index in [0.29, 0.717) is 17.0 Å². The topological polar surface area (TPSA) is 181 Å². The van der Waals surface area contributed by atoms with E-state index in [4.69, 9.17) is 19.7 Å². The Bertz CT molecular complexity index is 5530. The van der Waals surface area contributed by atoms with Crippen molar-refractivity contribution < 1.29 is 17.9 Å². The number of hydrogen-bond donors (Lipinski definition) is 6. The molecule has 0 unspecified atom stereocenters. The first-order valence-electron chi connectivity index (χ1n) is 31.0. The smallest absolute Gasteiger partial charge is 0.417 e. The molecule has 94 heavy (non-hydrogen) atoms. The summed E-state index contributed by atoms with van der Waals surface area (Å²) >= 11 is 0. The average Bonchev–Trinajstić information content (AvgIpc) is 1.58. The summed E-state index contributed by atoms with van der Waals surface area (Å²) in [6.45, 7) is 2.21. The fraction of sp³-hybridized carbons (Fsp3) is 0.0769. The van der Waals surface area contributed by atoms with Crippen LogP contribution in [0.15, 0.2) is 249 Å². The van der Waals surface area contributed by atoms with Gasteiger partial charge in [0.25, 0.3) is 0 Å². The zero-order valence-corrected chi connectivity index (χ0v) is 51.0. The highest BCUT2D eigenvalue weighted by atomic mass is 19.4. The van der Waals surface area contributed by atoms with Crippen LogP contribution in [0.5, 0.6) is 5.75 Å². The van der Waals surface area contributed by atoms with Crippen molar-refractivity contribution in [2.75, 3.05) is 7.11 Å². The molecule has 0 saturated heterocycles. The number of nitrogens with one attached hydrogen (secondary N) is 6. The largest absolute Gasteiger partial charge is 0.497 e. The van der Waals surface area contributed by atoms with Gasteiger partial charge >= 0.3 is 6.18 Å². The molecular formula is C78H59F3N12O. The molecule has 0 saturated carbocycles. The standard InChI is InChI=1S/C27H17F3N4.C27H20N4O.C24H22N4/c28-27(29,30)20-12-6-4-11-18(20)24-25-19(17-10-5-7-13-21(17)32-25)14-22(33-24)26-31-15-23(34-26)16-8-2-1-3-9-16;1-32-19-13-11-18(12-14-19)25-26-21(20-9-5-6-10-22(20)29-26)15-23(30-25)27-28-16-24(31-27)17-7-3-2-4-8-17;1-2-3-12-20-23-18(17-11-7-8-13-19(17)27-23)14-21(26-20)24-25-15-22(28-24)16-9-5-4-6-10-16/h1-15,32H,(H,31,34);2-16,29H,1H3,(H,28,31);4-11,13-15,27H,2-3,12H2,1H3,(H,25,28). The van der Waals surface area contributed by atoms with E-state index in [1.165, 1.54) is 22.9 Å². The molecule has 0 spiro atoms. The number of halogens is 3. The maximum absolute atomic E-state index is 13.9. The molecule has 0 aliphatic carbocycles. The normalized spacial score (nSPS) is 11.6.